The molecule has 2 aromatic carbocycles. The van der Waals surface area contributed by atoms with Crippen LogP contribution in [0.25, 0.3) is 11.1 Å². The van der Waals surface area contributed by atoms with Gasteiger partial charge in [-0.1, -0.05) is 29.8 Å². The van der Waals surface area contributed by atoms with E-state index in [1.165, 1.54) is 0 Å². The molecule has 1 unspecified atom stereocenters. The molecular weight excluding hydrogens is 388 g/mol. The van der Waals surface area contributed by atoms with Crippen LogP contribution in [0.15, 0.2) is 61.1 Å². The van der Waals surface area contributed by atoms with Crippen molar-refractivity contribution in [3.63, 3.8) is 0 Å². The van der Waals surface area contributed by atoms with Crippen molar-refractivity contribution in [3.8, 4) is 11.1 Å². The molecule has 4 rings (SSSR count). The average Bonchev–Trinajstić information content (AvgIpc) is 3.64. The molecule has 1 aromatic heterocycles. The van der Waals surface area contributed by atoms with E-state index in [2.05, 4.69) is 15.3 Å². The molecule has 158 valence electrons. The maximum atomic E-state index is 13.1. The molecule has 2 amide bonds. The summed E-state index contributed by atoms with van der Waals surface area (Å²) in [4.78, 5) is 35.7. The minimum absolute atomic E-state index is 0.0975. The number of carbonyl (C=O) groups excluding carboxylic acids is 2. The largest absolute Gasteiger partial charge is 0.344 e. The Hall–Kier alpha value is -3.54. The molecule has 0 aliphatic heterocycles. The number of hydrogen-bond donors (Lipinski definition) is 1. The van der Waals surface area contributed by atoms with Crippen LogP contribution < -0.4 is 10.2 Å². The summed E-state index contributed by atoms with van der Waals surface area (Å²) in [6.07, 6.45) is 6.71. The van der Waals surface area contributed by atoms with E-state index in [0.717, 1.165) is 29.5 Å². The minimum atomic E-state index is -0.293. The van der Waals surface area contributed by atoms with Crippen molar-refractivity contribution in [2.75, 3.05) is 11.9 Å². The third-order valence-electron chi connectivity index (χ3n) is 5.58. The Kier molecular flexibility index (Phi) is 5.80. The van der Waals surface area contributed by atoms with Crippen LogP contribution in [-0.4, -0.2) is 28.8 Å². The molecule has 6 nitrogen and oxygen atoms in total. The molecule has 1 aliphatic rings. The molecule has 1 fully saturated rings. The zero-order valence-electron chi connectivity index (χ0n) is 18.0. The van der Waals surface area contributed by atoms with Crippen LogP contribution in [0.3, 0.4) is 0 Å². The fourth-order valence-electron chi connectivity index (χ4n) is 3.47. The van der Waals surface area contributed by atoms with Crippen LogP contribution in [0.2, 0.25) is 0 Å². The van der Waals surface area contributed by atoms with E-state index in [1.807, 2.05) is 50.2 Å². The molecular formula is C25H26N4O2. The van der Waals surface area contributed by atoms with Gasteiger partial charge in [0.15, 0.2) is 0 Å². The molecule has 31 heavy (non-hydrogen) atoms. The number of nitrogens with zero attached hydrogens (tertiary/aromatic N) is 3. The van der Waals surface area contributed by atoms with Gasteiger partial charge >= 0.3 is 0 Å². The molecule has 1 atom stereocenters. The summed E-state index contributed by atoms with van der Waals surface area (Å²) in [7, 11) is 1.78. The monoisotopic (exact) mass is 414 g/mol. The fourth-order valence-corrected chi connectivity index (χ4v) is 3.47. The molecule has 6 heteroatoms. The van der Waals surface area contributed by atoms with Crippen molar-refractivity contribution in [1.82, 2.24) is 15.3 Å². The SMILES string of the molecule is Cc1ccc(-c2cc(C(=O)NC(C)c3cnccn3)cc(N(C)C(=O)C3CC3)c2)cc1. The third-order valence-corrected chi connectivity index (χ3v) is 5.58. The quantitative estimate of drug-likeness (QED) is 0.652. The summed E-state index contributed by atoms with van der Waals surface area (Å²) < 4.78 is 0. The Morgan fingerprint density at radius 3 is 2.45 bits per heavy atom. The van der Waals surface area contributed by atoms with Gasteiger partial charge in [-0.2, -0.15) is 0 Å². The zero-order valence-corrected chi connectivity index (χ0v) is 18.0. The molecule has 3 aromatic rings. The van der Waals surface area contributed by atoms with Gasteiger partial charge in [-0.25, -0.2) is 0 Å². The van der Waals surface area contributed by atoms with Crippen molar-refractivity contribution in [2.24, 2.45) is 5.92 Å². The van der Waals surface area contributed by atoms with Crippen LogP contribution in [0.4, 0.5) is 5.69 Å². The highest BCUT2D eigenvalue weighted by Crippen LogP contribution is 2.34. The number of benzene rings is 2. The van der Waals surface area contributed by atoms with Gasteiger partial charge in [0.25, 0.3) is 5.91 Å². The van der Waals surface area contributed by atoms with Crippen LogP contribution in [0, 0.1) is 12.8 Å². The highest BCUT2D eigenvalue weighted by molar-refractivity contribution is 6.00. The Morgan fingerprint density at radius 1 is 1.06 bits per heavy atom. The van der Waals surface area contributed by atoms with Gasteiger partial charge in [0.1, 0.15) is 0 Å². The lowest BCUT2D eigenvalue weighted by Gasteiger charge is -2.20. The lowest BCUT2D eigenvalue weighted by Crippen LogP contribution is -2.29. The van der Waals surface area contributed by atoms with Gasteiger partial charge in [0.2, 0.25) is 5.91 Å². The van der Waals surface area contributed by atoms with Crippen molar-refractivity contribution in [2.45, 2.75) is 32.7 Å². The molecule has 0 bridgehead atoms. The molecule has 1 heterocycles. The fraction of sp³-hybridized carbons (Fsp3) is 0.280. The molecule has 1 aliphatic carbocycles. The number of anilines is 1. The van der Waals surface area contributed by atoms with Crippen LogP contribution in [-0.2, 0) is 4.79 Å². The van der Waals surface area contributed by atoms with E-state index in [1.54, 1.807) is 36.6 Å². The second kappa shape index (κ2) is 8.68. The summed E-state index contributed by atoms with van der Waals surface area (Å²) in [5.41, 5.74) is 4.95. The van der Waals surface area contributed by atoms with Crippen LogP contribution in [0.5, 0.6) is 0 Å². The minimum Gasteiger partial charge on any atom is -0.344 e. The van der Waals surface area contributed by atoms with Crippen molar-refractivity contribution in [1.29, 1.82) is 0 Å². The maximum absolute atomic E-state index is 13.1. The van der Waals surface area contributed by atoms with Gasteiger partial charge in [-0.3, -0.25) is 19.6 Å². The number of rotatable bonds is 6. The predicted molar refractivity (Wildman–Crippen MR) is 121 cm³/mol. The number of aromatic nitrogens is 2. The Bertz CT molecular complexity index is 1090. The second-order valence-electron chi connectivity index (χ2n) is 8.13. The number of amides is 2. The maximum Gasteiger partial charge on any atom is 0.251 e. The molecule has 1 saturated carbocycles. The smallest absolute Gasteiger partial charge is 0.251 e. The normalized spacial score (nSPS) is 14.0. The molecule has 0 saturated heterocycles. The topological polar surface area (TPSA) is 75.2 Å². The van der Waals surface area contributed by atoms with E-state index in [0.29, 0.717) is 16.9 Å². The molecule has 1 N–H and O–H groups in total. The summed E-state index contributed by atoms with van der Waals surface area (Å²) >= 11 is 0. The van der Waals surface area contributed by atoms with E-state index in [-0.39, 0.29) is 23.8 Å². The van der Waals surface area contributed by atoms with Crippen molar-refractivity contribution < 1.29 is 9.59 Å². The van der Waals surface area contributed by atoms with Crippen molar-refractivity contribution >= 4 is 17.5 Å². The highest BCUT2D eigenvalue weighted by atomic mass is 16.2. The standard InChI is InChI=1S/C25H26N4O2/c1-16-4-6-18(7-5-16)20-12-21(14-22(13-20)29(3)25(31)19-8-9-19)24(30)28-17(2)23-15-26-10-11-27-23/h4-7,10-15,17,19H,8-9H2,1-3H3,(H,28,30). The second-order valence-corrected chi connectivity index (χ2v) is 8.13. The first-order valence-corrected chi connectivity index (χ1v) is 10.5. The number of aryl methyl sites for hydroxylation is 1. The van der Waals surface area contributed by atoms with E-state index in [4.69, 9.17) is 0 Å². The molecule has 0 spiro atoms. The number of carbonyl (C=O) groups is 2. The average molecular weight is 415 g/mol. The van der Waals surface area contributed by atoms with Gasteiger partial charge in [0, 0.05) is 36.6 Å². The predicted octanol–water partition coefficient (Wildman–Crippen LogP) is 4.32. The Morgan fingerprint density at radius 2 is 1.81 bits per heavy atom. The molecule has 0 radical (unpaired) electrons. The van der Waals surface area contributed by atoms with Crippen molar-refractivity contribution in [3.05, 3.63) is 77.9 Å². The lowest BCUT2D eigenvalue weighted by atomic mass is 10.00. The lowest BCUT2D eigenvalue weighted by molar-refractivity contribution is -0.119. The van der Waals surface area contributed by atoms with Gasteiger partial charge in [0.05, 0.1) is 17.9 Å². The number of nitrogens with one attached hydrogen (secondary N) is 1. The first-order valence-electron chi connectivity index (χ1n) is 10.5. The Balaban J connectivity index is 1.67. The van der Waals surface area contributed by atoms with E-state index in [9.17, 15) is 9.59 Å². The zero-order chi connectivity index (χ0) is 22.0. The van der Waals surface area contributed by atoms with Gasteiger partial charge in [-0.15, -0.1) is 0 Å². The van der Waals surface area contributed by atoms with Crippen LogP contribution in [0.1, 0.15) is 47.4 Å². The Labute approximate surface area is 182 Å². The first kappa shape index (κ1) is 20.7. The number of hydrogen-bond acceptors (Lipinski definition) is 4. The summed E-state index contributed by atoms with van der Waals surface area (Å²) in [5.74, 6) is -0.0250. The summed E-state index contributed by atoms with van der Waals surface area (Å²) in [6.45, 7) is 3.91. The highest BCUT2D eigenvalue weighted by Gasteiger charge is 2.32. The van der Waals surface area contributed by atoms with Gasteiger partial charge < -0.3 is 10.2 Å². The van der Waals surface area contributed by atoms with E-state index >= 15 is 0 Å². The van der Waals surface area contributed by atoms with Gasteiger partial charge in [-0.05, 0) is 56.0 Å². The third kappa shape index (κ3) is 4.79. The van der Waals surface area contributed by atoms with E-state index < -0.39 is 0 Å². The summed E-state index contributed by atoms with van der Waals surface area (Å²) in [6, 6.07) is 13.4. The summed E-state index contributed by atoms with van der Waals surface area (Å²) in [5, 5.41) is 2.99. The van der Waals surface area contributed by atoms with Crippen LogP contribution >= 0.6 is 0 Å². The first-order chi connectivity index (χ1) is 14.9.